The molecule has 0 saturated carbocycles. The van der Waals surface area contributed by atoms with Crippen LogP contribution in [0.25, 0.3) is 0 Å². The summed E-state index contributed by atoms with van der Waals surface area (Å²) in [4.78, 5) is 3.55. The molecule has 2 nitrogen and oxygen atoms in total. The van der Waals surface area contributed by atoms with E-state index in [1.165, 1.54) is 12.1 Å². The lowest BCUT2D eigenvalue weighted by molar-refractivity contribution is -0.142. The molecule has 0 spiro atoms. The zero-order valence-electron chi connectivity index (χ0n) is 10.4. The van der Waals surface area contributed by atoms with Gasteiger partial charge < -0.3 is 4.74 Å². The molecule has 1 aromatic heterocycles. The van der Waals surface area contributed by atoms with Crippen LogP contribution in [-0.2, 0) is 11.6 Å². The first-order valence-corrected chi connectivity index (χ1v) is 5.37. The predicted octanol–water partition coefficient (Wildman–Crippen LogP) is 3.80. The molecule has 5 heteroatoms. The first-order chi connectivity index (χ1) is 7.66. The number of nitrogens with zero attached hydrogens (tertiary/aromatic N) is 1. The van der Waals surface area contributed by atoms with Gasteiger partial charge in [0.2, 0.25) is 5.88 Å². The molecular weight excluding hydrogens is 231 g/mol. The summed E-state index contributed by atoms with van der Waals surface area (Å²) in [7, 11) is 0. The van der Waals surface area contributed by atoms with Crippen LogP contribution in [0.1, 0.15) is 39.0 Å². The largest absolute Gasteiger partial charge is 0.478 e. The second-order valence-corrected chi connectivity index (χ2v) is 4.73. The van der Waals surface area contributed by atoms with Crippen molar-refractivity contribution in [2.24, 2.45) is 0 Å². The van der Waals surface area contributed by atoms with Crippen LogP contribution in [0.15, 0.2) is 12.1 Å². The van der Waals surface area contributed by atoms with Crippen molar-refractivity contribution in [2.75, 3.05) is 6.61 Å². The molecule has 0 saturated heterocycles. The number of halogens is 3. The number of hydrogen-bond acceptors (Lipinski definition) is 2. The Morgan fingerprint density at radius 2 is 1.76 bits per heavy atom. The maximum absolute atomic E-state index is 12.9. The lowest BCUT2D eigenvalue weighted by Gasteiger charge is -2.23. The highest BCUT2D eigenvalue weighted by Gasteiger charge is 2.38. The Balaban J connectivity index is 3.33. The van der Waals surface area contributed by atoms with Gasteiger partial charge in [0.25, 0.3) is 0 Å². The Hall–Kier alpha value is -1.26. The number of alkyl halides is 3. The molecular formula is C12H16F3NO. The molecule has 17 heavy (non-hydrogen) atoms. The molecule has 0 aromatic carbocycles. The maximum Gasteiger partial charge on any atom is 0.433 e. The highest BCUT2D eigenvalue weighted by Crippen LogP contribution is 2.37. The molecule has 0 atom stereocenters. The van der Waals surface area contributed by atoms with Gasteiger partial charge in [0.15, 0.2) is 5.69 Å². The van der Waals surface area contributed by atoms with Crippen LogP contribution < -0.4 is 4.74 Å². The van der Waals surface area contributed by atoms with E-state index < -0.39 is 17.3 Å². The van der Waals surface area contributed by atoms with E-state index in [0.717, 1.165) is 0 Å². The smallest absolute Gasteiger partial charge is 0.433 e. The van der Waals surface area contributed by atoms with Crippen LogP contribution in [0.2, 0.25) is 0 Å². The normalized spacial score (nSPS) is 12.6. The van der Waals surface area contributed by atoms with E-state index in [0.29, 0.717) is 6.61 Å². The fraction of sp³-hybridized carbons (Fsp3) is 0.583. The number of hydrogen-bond donors (Lipinski definition) is 0. The molecule has 0 amide bonds. The van der Waals surface area contributed by atoms with Crippen LogP contribution in [0.4, 0.5) is 13.2 Å². The van der Waals surface area contributed by atoms with Crippen molar-refractivity contribution < 1.29 is 17.9 Å². The molecule has 0 aliphatic heterocycles. The first kappa shape index (κ1) is 13.8. The molecule has 0 radical (unpaired) electrons. The Morgan fingerprint density at radius 1 is 1.18 bits per heavy atom. The molecule has 1 aromatic rings. The van der Waals surface area contributed by atoms with Crippen LogP contribution in [0, 0.1) is 0 Å². The van der Waals surface area contributed by atoms with E-state index in [4.69, 9.17) is 4.74 Å². The van der Waals surface area contributed by atoms with Crippen molar-refractivity contribution in [3.63, 3.8) is 0 Å². The van der Waals surface area contributed by atoms with Gasteiger partial charge in [0.05, 0.1) is 6.61 Å². The van der Waals surface area contributed by atoms with E-state index in [1.54, 1.807) is 27.7 Å². The summed E-state index contributed by atoms with van der Waals surface area (Å²) < 4.78 is 43.6. The summed E-state index contributed by atoms with van der Waals surface area (Å²) >= 11 is 0. The van der Waals surface area contributed by atoms with Gasteiger partial charge in [0, 0.05) is 6.07 Å². The summed E-state index contributed by atoms with van der Waals surface area (Å²) in [6.07, 6.45) is -4.46. The predicted molar refractivity (Wildman–Crippen MR) is 59.1 cm³/mol. The lowest BCUT2D eigenvalue weighted by atomic mass is 9.85. The highest BCUT2D eigenvalue weighted by atomic mass is 19.4. The number of ether oxygens (including phenoxy) is 1. The van der Waals surface area contributed by atoms with Gasteiger partial charge in [-0.15, -0.1) is 0 Å². The number of rotatable bonds is 2. The second-order valence-electron chi connectivity index (χ2n) is 4.73. The number of pyridine rings is 1. The van der Waals surface area contributed by atoms with E-state index in [2.05, 4.69) is 4.98 Å². The molecule has 1 rings (SSSR count). The third-order valence-electron chi connectivity index (χ3n) is 2.24. The molecule has 0 N–H and O–H groups in total. The SMILES string of the molecule is CCOc1ccc(C(C)(C)C)c(C(F)(F)F)n1. The Bertz CT molecular complexity index is 394. The second kappa shape index (κ2) is 4.55. The average molecular weight is 247 g/mol. The Kier molecular flexibility index (Phi) is 3.69. The molecule has 96 valence electrons. The first-order valence-electron chi connectivity index (χ1n) is 5.37. The van der Waals surface area contributed by atoms with E-state index in [-0.39, 0.29) is 11.4 Å². The third kappa shape index (κ3) is 3.35. The van der Waals surface area contributed by atoms with Crippen molar-refractivity contribution in [1.29, 1.82) is 0 Å². The summed E-state index contributed by atoms with van der Waals surface area (Å²) in [5.74, 6) is 0.00725. The summed E-state index contributed by atoms with van der Waals surface area (Å²) in [6, 6.07) is 2.90. The van der Waals surface area contributed by atoms with Gasteiger partial charge in [-0.05, 0) is 17.9 Å². The number of aromatic nitrogens is 1. The fourth-order valence-electron chi connectivity index (χ4n) is 1.49. The third-order valence-corrected chi connectivity index (χ3v) is 2.24. The van der Waals surface area contributed by atoms with Crippen LogP contribution in [0.5, 0.6) is 5.88 Å². The minimum absolute atomic E-state index is 0.00725. The molecule has 0 fully saturated rings. The van der Waals surface area contributed by atoms with Crippen molar-refractivity contribution in [2.45, 2.75) is 39.3 Å². The topological polar surface area (TPSA) is 22.1 Å². The van der Waals surface area contributed by atoms with Gasteiger partial charge in [-0.1, -0.05) is 26.8 Å². The average Bonchev–Trinajstić information content (AvgIpc) is 2.15. The quantitative estimate of drug-likeness (QED) is 0.793. The van der Waals surface area contributed by atoms with E-state index >= 15 is 0 Å². The lowest BCUT2D eigenvalue weighted by Crippen LogP contribution is -2.21. The summed E-state index contributed by atoms with van der Waals surface area (Å²) in [5, 5.41) is 0. The molecule has 0 unspecified atom stereocenters. The zero-order chi connectivity index (χ0) is 13.3. The van der Waals surface area contributed by atoms with E-state index in [1.807, 2.05) is 0 Å². The molecule has 1 heterocycles. The van der Waals surface area contributed by atoms with Gasteiger partial charge in [-0.3, -0.25) is 0 Å². The molecule has 0 bridgehead atoms. The zero-order valence-corrected chi connectivity index (χ0v) is 10.4. The molecule has 0 aliphatic carbocycles. The summed E-state index contributed by atoms with van der Waals surface area (Å²) in [6.45, 7) is 7.16. The van der Waals surface area contributed by atoms with Crippen molar-refractivity contribution in [1.82, 2.24) is 4.98 Å². The van der Waals surface area contributed by atoms with Gasteiger partial charge in [-0.25, -0.2) is 4.98 Å². The Morgan fingerprint density at radius 3 is 2.18 bits per heavy atom. The van der Waals surface area contributed by atoms with Crippen molar-refractivity contribution in [3.8, 4) is 5.88 Å². The van der Waals surface area contributed by atoms with Gasteiger partial charge in [-0.2, -0.15) is 13.2 Å². The minimum Gasteiger partial charge on any atom is -0.478 e. The van der Waals surface area contributed by atoms with E-state index in [9.17, 15) is 13.2 Å². The van der Waals surface area contributed by atoms with Gasteiger partial charge in [0.1, 0.15) is 0 Å². The minimum atomic E-state index is -4.46. The maximum atomic E-state index is 12.9. The van der Waals surface area contributed by atoms with Crippen molar-refractivity contribution >= 4 is 0 Å². The summed E-state index contributed by atoms with van der Waals surface area (Å²) in [5.41, 5.74) is -1.30. The van der Waals surface area contributed by atoms with Crippen LogP contribution >= 0.6 is 0 Å². The monoisotopic (exact) mass is 247 g/mol. The Labute approximate surface area is 98.8 Å². The fourth-order valence-corrected chi connectivity index (χ4v) is 1.49. The van der Waals surface area contributed by atoms with Crippen molar-refractivity contribution in [3.05, 3.63) is 23.4 Å². The van der Waals surface area contributed by atoms with Gasteiger partial charge >= 0.3 is 6.18 Å². The van der Waals surface area contributed by atoms with Crippen LogP contribution in [-0.4, -0.2) is 11.6 Å². The molecule has 0 aliphatic rings. The standard InChI is InChI=1S/C12H16F3NO/c1-5-17-9-7-6-8(11(2,3)4)10(16-9)12(13,14)15/h6-7H,5H2,1-4H3. The highest BCUT2D eigenvalue weighted by molar-refractivity contribution is 5.33. The van der Waals surface area contributed by atoms with Crippen LogP contribution in [0.3, 0.4) is 0 Å².